The van der Waals surface area contributed by atoms with Crippen LogP contribution in [0.4, 0.5) is 0 Å². The molecule has 0 spiro atoms. The first-order chi connectivity index (χ1) is 10.3. The van der Waals surface area contributed by atoms with Gasteiger partial charge in [0.05, 0.1) is 11.9 Å². The Kier molecular flexibility index (Phi) is 7.91. The summed E-state index contributed by atoms with van der Waals surface area (Å²) in [5.74, 6) is 0.0873. The van der Waals surface area contributed by atoms with Crippen molar-refractivity contribution in [2.24, 2.45) is 0 Å². The summed E-state index contributed by atoms with van der Waals surface area (Å²) in [6.45, 7) is 1.61. The first kappa shape index (κ1) is 19.8. The van der Waals surface area contributed by atoms with E-state index < -0.39 is 0 Å². The molecule has 1 N–H and O–H groups in total. The van der Waals surface area contributed by atoms with Gasteiger partial charge in [-0.2, -0.15) is 0 Å². The van der Waals surface area contributed by atoms with Crippen molar-refractivity contribution in [3.63, 3.8) is 0 Å². The van der Waals surface area contributed by atoms with Crippen molar-refractivity contribution >= 4 is 42.1 Å². The summed E-state index contributed by atoms with van der Waals surface area (Å²) < 4.78 is 0. The number of halogens is 2. The summed E-state index contributed by atoms with van der Waals surface area (Å²) in [4.78, 5) is 23.7. The largest absolute Gasteiger partial charge is 0.338 e. The summed E-state index contributed by atoms with van der Waals surface area (Å²) in [6.07, 6.45) is 5.42. The highest BCUT2D eigenvalue weighted by Crippen LogP contribution is 2.25. The molecule has 1 aliphatic heterocycles. The van der Waals surface area contributed by atoms with Gasteiger partial charge in [-0.1, -0.05) is 6.07 Å². The fourth-order valence-electron chi connectivity index (χ4n) is 2.51. The van der Waals surface area contributed by atoms with Gasteiger partial charge in [-0.25, -0.2) is 4.98 Å². The van der Waals surface area contributed by atoms with Crippen LogP contribution < -0.4 is 5.32 Å². The Labute approximate surface area is 152 Å². The summed E-state index contributed by atoms with van der Waals surface area (Å²) >= 11 is 1.41. The molecule has 1 amide bonds. The van der Waals surface area contributed by atoms with Gasteiger partial charge in [0, 0.05) is 25.3 Å². The van der Waals surface area contributed by atoms with Crippen LogP contribution in [0, 0.1) is 0 Å². The second-order valence-electron chi connectivity index (χ2n) is 5.10. The van der Waals surface area contributed by atoms with E-state index in [2.05, 4.69) is 15.3 Å². The molecule has 5 nitrogen and oxygen atoms in total. The molecule has 0 aromatic carbocycles. The van der Waals surface area contributed by atoms with Crippen LogP contribution in [0.1, 0.15) is 22.5 Å². The average Bonchev–Trinajstić information content (AvgIpc) is 3.05. The number of carbonyl (C=O) groups excluding carboxylic acids is 1. The topological polar surface area (TPSA) is 58.1 Å². The van der Waals surface area contributed by atoms with Gasteiger partial charge < -0.3 is 10.2 Å². The maximum Gasteiger partial charge on any atom is 0.265 e. The predicted molar refractivity (Wildman–Crippen MR) is 97.8 cm³/mol. The number of nitrogens with zero attached hydrogens (tertiary/aromatic N) is 3. The van der Waals surface area contributed by atoms with Crippen LogP contribution in [-0.4, -0.2) is 47.0 Å². The van der Waals surface area contributed by atoms with Crippen LogP contribution in [0.2, 0.25) is 0 Å². The molecule has 0 aliphatic carbocycles. The number of piperidine rings is 1. The van der Waals surface area contributed by atoms with Crippen LogP contribution >= 0.6 is 36.2 Å². The normalized spacial score (nSPS) is 14.7. The standard InChI is InChI=1S/C15H18N4OS.2ClH/c1-16-11-5-8-19(9-6-11)15(20)13-10-18-14(21-13)12-4-2-3-7-17-12;;/h2-4,7,10-11,16H,5-6,8-9H2,1H3;2*1H. The zero-order valence-electron chi connectivity index (χ0n) is 12.8. The molecule has 0 unspecified atom stereocenters. The van der Waals surface area contributed by atoms with E-state index in [0.29, 0.717) is 10.9 Å². The van der Waals surface area contributed by atoms with Crippen LogP contribution in [-0.2, 0) is 0 Å². The number of hydrogen-bond acceptors (Lipinski definition) is 5. The number of aromatic nitrogens is 2. The first-order valence-electron chi connectivity index (χ1n) is 7.11. The van der Waals surface area contributed by atoms with E-state index in [1.54, 1.807) is 12.4 Å². The lowest BCUT2D eigenvalue weighted by molar-refractivity contribution is 0.0712. The van der Waals surface area contributed by atoms with Gasteiger partial charge in [0.15, 0.2) is 0 Å². The molecule has 126 valence electrons. The molecule has 8 heteroatoms. The van der Waals surface area contributed by atoms with Gasteiger partial charge in [0.25, 0.3) is 5.91 Å². The van der Waals surface area contributed by atoms with Crippen LogP contribution in [0.5, 0.6) is 0 Å². The lowest BCUT2D eigenvalue weighted by Gasteiger charge is -2.31. The third kappa shape index (κ3) is 4.64. The Hall–Kier alpha value is -1.21. The number of amides is 1. The zero-order valence-corrected chi connectivity index (χ0v) is 15.2. The lowest BCUT2D eigenvalue weighted by atomic mass is 10.1. The molecule has 1 fully saturated rings. The van der Waals surface area contributed by atoms with Crippen molar-refractivity contribution in [3.8, 4) is 10.7 Å². The Bertz CT molecular complexity index is 615. The van der Waals surface area contributed by atoms with Gasteiger partial charge >= 0.3 is 0 Å². The fraction of sp³-hybridized carbons (Fsp3) is 0.400. The number of nitrogens with one attached hydrogen (secondary N) is 1. The zero-order chi connectivity index (χ0) is 14.7. The Morgan fingerprint density at radius 1 is 1.26 bits per heavy atom. The number of likely N-dealkylation sites (tertiary alicyclic amines) is 1. The van der Waals surface area contributed by atoms with E-state index in [0.717, 1.165) is 36.6 Å². The van der Waals surface area contributed by atoms with E-state index in [4.69, 9.17) is 0 Å². The minimum atomic E-state index is 0. The number of pyridine rings is 1. The second-order valence-corrected chi connectivity index (χ2v) is 6.13. The minimum absolute atomic E-state index is 0. The third-order valence-electron chi connectivity index (χ3n) is 3.79. The van der Waals surface area contributed by atoms with Gasteiger partial charge in [-0.3, -0.25) is 9.78 Å². The van der Waals surface area contributed by atoms with Crippen LogP contribution in [0.3, 0.4) is 0 Å². The van der Waals surface area contributed by atoms with Crippen molar-refractivity contribution in [1.29, 1.82) is 0 Å². The molecule has 0 bridgehead atoms. The summed E-state index contributed by atoms with van der Waals surface area (Å²) in [6, 6.07) is 6.23. The molecular formula is C15H20Cl2N4OS. The van der Waals surface area contributed by atoms with Crippen molar-refractivity contribution in [3.05, 3.63) is 35.5 Å². The van der Waals surface area contributed by atoms with Crippen molar-refractivity contribution in [2.45, 2.75) is 18.9 Å². The highest BCUT2D eigenvalue weighted by molar-refractivity contribution is 7.16. The molecule has 0 radical (unpaired) electrons. The molecule has 0 saturated carbocycles. The quantitative estimate of drug-likeness (QED) is 0.896. The molecule has 3 rings (SSSR count). The van der Waals surface area contributed by atoms with Crippen LogP contribution in [0.25, 0.3) is 10.7 Å². The molecule has 2 aromatic rings. The highest BCUT2D eigenvalue weighted by atomic mass is 35.5. The maximum absolute atomic E-state index is 12.5. The van der Waals surface area contributed by atoms with Gasteiger partial charge in [0.1, 0.15) is 9.88 Å². The predicted octanol–water partition coefficient (Wildman–Crippen LogP) is 2.87. The van der Waals surface area contributed by atoms with Crippen molar-refractivity contribution in [2.75, 3.05) is 20.1 Å². The molecule has 0 atom stereocenters. The van der Waals surface area contributed by atoms with Crippen LogP contribution in [0.15, 0.2) is 30.6 Å². The fourth-order valence-corrected chi connectivity index (χ4v) is 3.37. The van der Waals surface area contributed by atoms with E-state index in [-0.39, 0.29) is 30.7 Å². The van der Waals surface area contributed by atoms with Gasteiger partial charge in [-0.15, -0.1) is 36.2 Å². The molecule has 23 heavy (non-hydrogen) atoms. The van der Waals surface area contributed by atoms with E-state index >= 15 is 0 Å². The van der Waals surface area contributed by atoms with Crippen molar-refractivity contribution < 1.29 is 4.79 Å². The van der Waals surface area contributed by atoms with E-state index in [1.165, 1.54) is 11.3 Å². The molecule has 3 heterocycles. The Balaban J connectivity index is 0.00000132. The Morgan fingerprint density at radius 2 is 2.00 bits per heavy atom. The summed E-state index contributed by atoms with van der Waals surface area (Å²) in [7, 11) is 1.98. The van der Waals surface area contributed by atoms with Gasteiger partial charge in [-0.05, 0) is 32.0 Å². The summed E-state index contributed by atoms with van der Waals surface area (Å²) in [5.41, 5.74) is 0.815. The highest BCUT2D eigenvalue weighted by Gasteiger charge is 2.24. The molecule has 1 aliphatic rings. The average molecular weight is 375 g/mol. The summed E-state index contributed by atoms with van der Waals surface area (Å²) in [5, 5.41) is 4.07. The van der Waals surface area contributed by atoms with Crippen molar-refractivity contribution in [1.82, 2.24) is 20.2 Å². The third-order valence-corrected chi connectivity index (χ3v) is 4.80. The maximum atomic E-state index is 12.5. The first-order valence-corrected chi connectivity index (χ1v) is 7.93. The number of carbonyl (C=O) groups is 1. The van der Waals surface area contributed by atoms with E-state index in [1.807, 2.05) is 30.1 Å². The second kappa shape index (κ2) is 9.17. The number of rotatable bonds is 3. The molecule has 2 aromatic heterocycles. The van der Waals surface area contributed by atoms with E-state index in [9.17, 15) is 4.79 Å². The molecular weight excluding hydrogens is 355 g/mol. The van der Waals surface area contributed by atoms with Gasteiger partial charge in [0.2, 0.25) is 0 Å². The minimum Gasteiger partial charge on any atom is -0.338 e. The lowest BCUT2D eigenvalue weighted by Crippen LogP contribution is -2.43. The smallest absolute Gasteiger partial charge is 0.265 e. The SMILES string of the molecule is CNC1CCN(C(=O)c2cnc(-c3ccccn3)s2)CC1.Cl.Cl. The monoisotopic (exact) mass is 374 g/mol. The number of thiazole rings is 1. The molecule has 1 saturated heterocycles. The number of hydrogen-bond donors (Lipinski definition) is 1. The Morgan fingerprint density at radius 3 is 2.61 bits per heavy atom.